The maximum atomic E-state index is 12.3. The molecule has 0 unspecified atom stereocenters. The average molecular weight is 312 g/mol. The van der Waals surface area contributed by atoms with Crippen LogP contribution in [0.2, 0.25) is 0 Å². The number of hydrogen-bond donors (Lipinski definition) is 2. The van der Waals surface area contributed by atoms with Crippen molar-refractivity contribution in [1.82, 2.24) is 5.48 Å². The maximum absolute atomic E-state index is 12.3. The molecule has 1 rings (SSSR count). The van der Waals surface area contributed by atoms with Crippen LogP contribution in [0, 0.1) is 0 Å². The van der Waals surface area contributed by atoms with E-state index >= 15 is 0 Å². The molecule has 118 valence electrons. The van der Waals surface area contributed by atoms with Crippen LogP contribution in [-0.4, -0.2) is 25.7 Å². The van der Waals surface area contributed by atoms with E-state index in [2.05, 4.69) is 19.8 Å². The summed E-state index contributed by atoms with van der Waals surface area (Å²) < 4.78 is 56.9. The Kier molecular flexibility index (Phi) is 6.69. The molecule has 21 heavy (non-hydrogen) atoms. The Hall–Kier alpha value is -2.07. The number of ether oxygens (including phenoxy) is 2. The lowest BCUT2D eigenvalue weighted by atomic mass is 10.2. The van der Waals surface area contributed by atoms with Gasteiger partial charge in [-0.3, -0.25) is 9.63 Å². The molecule has 1 aromatic rings. The summed E-state index contributed by atoms with van der Waals surface area (Å²) in [6, 6.07) is 3.27. The Balaban J connectivity index is 2.73. The third-order valence-electron chi connectivity index (χ3n) is 2.06. The lowest BCUT2D eigenvalue weighted by molar-refractivity contribution is -0.125. The number of alkyl halides is 4. The van der Waals surface area contributed by atoms with Crippen LogP contribution in [0.1, 0.15) is 5.56 Å². The van der Waals surface area contributed by atoms with E-state index in [-0.39, 0.29) is 23.6 Å². The Bertz CT molecular complexity index is 474. The van der Waals surface area contributed by atoms with Crippen LogP contribution in [-0.2, 0) is 16.2 Å². The first-order valence-corrected chi connectivity index (χ1v) is 5.54. The van der Waals surface area contributed by atoms with Gasteiger partial charge in [-0.1, -0.05) is 6.07 Å². The molecule has 1 aromatic carbocycles. The summed E-state index contributed by atoms with van der Waals surface area (Å²) >= 11 is 0. The molecule has 0 fully saturated rings. The van der Waals surface area contributed by atoms with Crippen LogP contribution in [0.5, 0.6) is 11.5 Å². The van der Waals surface area contributed by atoms with Crippen molar-refractivity contribution in [2.45, 2.75) is 19.8 Å². The van der Waals surface area contributed by atoms with Crippen molar-refractivity contribution in [3.05, 3.63) is 23.8 Å². The predicted molar refractivity (Wildman–Crippen MR) is 61.7 cm³/mol. The van der Waals surface area contributed by atoms with Crippen LogP contribution in [0.15, 0.2) is 18.2 Å². The first kappa shape index (κ1) is 17.0. The van der Waals surface area contributed by atoms with Crippen molar-refractivity contribution < 1.29 is 36.7 Å². The number of nitrogens with two attached hydrogens (primary N) is 1. The molecule has 0 aromatic heterocycles. The molecule has 3 N–H and O–H groups in total. The van der Waals surface area contributed by atoms with Gasteiger partial charge >= 0.3 is 13.2 Å². The molecule has 0 bridgehead atoms. The summed E-state index contributed by atoms with van der Waals surface area (Å²) in [4.78, 5) is 15.1. The number of primary amides is 1. The molecule has 6 nitrogen and oxygen atoms in total. The molecule has 10 heteroatoms. The first-order valence-electron chi connectivity index (χ1n) is 5.54. The molecule has 0 heterocycles. The van der Waals surface area contributed by atoms with Gasteiger partial charge in [0.15, 0.2) is 0 Å². The molecular formula is C11H12F4N2O4. The Morgan fingerprint density at radius 3 is 2.43 bits per heavy atom. The van der Waals surface area contributed by atoms with Gasteiger partial charge in [0, 0.05) is 18.2 Å². The van der Waals surface area contributed by atoms with Crippen LogP contribution >= 0.6 is 0 Å². The van der Waals surface area contributed by atoms with E-state index in [1.165, 1.54) is 6.07 Å². The monoisotopic (exact) mass is 312 g/mol. The summed E-state index contributed by atoms with van der Waals surface area (Å²) in [6.45, 7) is -6.77. The number of hydroxylamine groups is 1. The molecule has 0 aliphatic carbocycles. The maximum Gasteiger partial charge on any atom is 0.387 e. The smallest absolute Gasteiger partial charge is 0.387 e. The summed E-state index contributed by atoms with van der Waals surface area (Å²) in [5.41, 5.74) is 7.29. The molecule has 0 spiro atoms. The van der Waals surface area contributed by atoms with Crippen LogP contribution in [0.4, 0.5) is 17.6 Å². The van der Waals surface area contributed by atoms with Gasteiger partial charge in [0.25, 0.3) is 0 Å². The van der Waals surface area contributed by atoms with Crippen molar-refractivity contribution in [2.75, 3.05) is 6.61 Å². The lowest BCUT2D eigenvalue weighted by Gasteiger charge is -2.13. The second-order valence-corrected chi connectivity index (χ2v) is 3.60. The number of benzene rings is 1. The molecule has 0 aliphatic rings. The van der Waals surface area contributed by atoms with E-state index in [0.29, 0.717) is 0 Å². The number of carbonyl (C=O) groups is 1. The number of nitrogens with one attached hydrogen (secondary N) is 1. The average Bonchev–Trinajstić information content (AvgIpc) is 2.35. The number of amides is 1. The molecule has 1 amide bonds. The standard InChI is InChI=1S/C11H12F4N2O4/c12-10(13)20-7-2-1-6(4-17-19-5-9(16)18)8(3-7)21-11(14)15/h1-3,10-11,17H,4-5H2,(H2,16,18). The highest BCUT2D eigenvalue weighted by Gasteiger charge is 2.13. The Labute approximate surface area is 116 Å². The summed E-state index contributed by atoms with van der Waals surface area (Å²) in [7, 11) is 0. The third-order valence-corrected chi connectivity index (χ3v) is 2.06. The van der Waals surface area contributed by atoms with Crippen molar-refractivity contribution in [1.29, 1.82) is 0 Å². The van der Waals surface area contributed by atoms with Crippen LogP contribution in [0.3, 0.4) is 0 Å². The minimum Gasteiger partial charge on any atom is -0.435 e. The normalized spacial score (nSPS) is 11.0. The lowest BCUT2D eigenvalue weighted by Crippen LogP contribution is -2.24. The summed E-state index contributed by atoms with van der Waals surface area (Å²) in [5.74, 6) is -1.42. The largest absolute Gasteiger partial charge is 0.435 e. The molecule has 0 aliphatic heterocycles. The number of hydrogen-bond acceptors (Lipinski definition) is 5. The molecule has 0 saturated heterocycles. The van der Waals surface area contributed by atoms with Crippen molar-refractivity contribution >= 4 is 5.91 Å². The van der Waals surface area contributed by atoms with E-state index in [4.69, 9.17) is 5.73 Å². The Morgan fingerprint density at radius 1 is 1.19 bits per heavy atom. The zero-order valence-corrected chi connectivity index (χ0v) is 10.5. The highest BCUT2D eigenvalue weighted by molar-refractivity contribution is 5.74. The van der Waals surface area contributed by atoms with Crippen molar-refractivity contribution in [2.24, 2.45) is 5.73 Å². The topological polar surface area (TPSA) is 82.8 Å². The number of halogens is 4. The second-order valence-electron chi connectivity index (χ2n) is 3.60. The van der Waals surface area contributed by atoms with Gasteiger partial charge in [-0.05, 0) is 6.07 Å². The minimum absolute atomic E-state index is 0.121. The molecular weight excluding hydrogens is 300 g/mol. The molecule has 0 saturated carbocycles. The molecule has 0 atom stereocenters. The number of carbonyl (C=O) groups excluding carboxylic acids is 1. The minimum atomic E-state index is -3.14. The van der Waals surface area contributed by atoms with Gasteiger partial charge in [-0.2, -0.15) is 23.0 Å². The van der Waals surface area contributed by atoms with Crippen molar-refractivity contribution in [3.63, 3.8) is 0 Å². The van der Waals surface area contributed by atoms with Crippen LogP contribution in [0.25, 0.3) is 0 Å². The Morgan fingerprint density at radius 2 is 1.86 bits per heavy atom. The van der Waals surface area contributed by atoms with E-state index in [1.807, 2.05) is 0 Å². The van der Waals surface area contributed by atoms with E-state index in [0.717, 1.165) is 12.1 Å². The highest BCUT2D eigenvalue weighted by atomic mass is 19.3. The summed E-state index contributed by atoms with van der Waals surface area (Å²) in [5, 5.41) is 0. The summed E-state index contributed by atoms with van der Waals surface area (Å²) in [6.07, 6.45) is 0. The zero-order chi connectivity index (χ0) is 15.8. The SMILES string of the molecule is NC(=O)CONCc1ccc(OC(F)F)cc1OC(F)F. The first-order chi connectivity index (χ1) is 9.88. The van der Waals surface area contributed by atoms with E-state index < -0.39 is 25.7 Å². The van der Waals surface area contributed by atoms with Gasteiger partial charge < -0.3 is 15.2 Å². The van der Waals surface area contributed by atoms with E-state index in [9.17, 15) is 22.4 Å². The highest BCUT2D eigenvalue weighted by Crippen LogP contribution is 2.27. The third kappa shape index (κ3) is 6.77. The zero-order valence-electron chi connectivity index (χ0n) is 10.5. The fourth-order valence-electron chi connectivity index (χ4n) is 1.31. The van der Waals surface area contributed by atoms with Crippen molar-refractivity contribution in [3.8, 4) is 11.5 Å². The van der Waals surface area contributed by atoms with Gasteiger partial charge in [-0.15, -0.1) is 0 Å². The van der Waals surface area contributed by atoms with Gasteiger partial charge in [-0.25, -0.2) is 0 Å². The van der Waals surface area contributed by atoms with Gasteiger partial charge in [0.2, 0.25) is 5.91 Å². The predicted octanol–water partition coefficient (Wildman–Crippen LogP) is 1.40. The van der Waals surface area contributed by atoms with Gasteiger partial charge in [0.05, 0.1) is 0 Å². The fourth-order valence-corrected chi connectivity index (χ4v) is 1.31. The van der Waals surface area contributed by atoms with E-state index in [1.54, 1.807) is 0 Å². The number of rotatable bonds is 9. The van der Waals surface area contributed by atoms with Crippen LogP contribution < -0.4 is 20.7 Å². The molecule has 0 radical (unpaired) electrons. The second kappa shape index (κ2) is 8.27. The van der Waals surface area contributed by atoms with Gasteiger partial charge in [0.1, 0.15) is 18.1 Å². The quantitative estimate of drug-likeness (QED) is 0.409. The fraction of sp³-hybridized carbons (Fsp3) is 0.364.